The lowest BCUT2D eigenvalue weighted by Gasteiger charge is -2.36. The van der Waals surface area contributed by atoms with Crippen LogP contribution in [-0.4, -0.2) is 62.9 Å². The van der Waals surface area contributed by atoms with E-state index in [4.69, 9.17) is 16.3 Å². The van der Waals surface area contributed by atoms with Crippen molar-refractivity contribution in [3.63, 3.8) is 0 Å². The zero-order valence-corrected chi connectivity index (χ0v) is 20.1. The molecule has 3 aromatic carbocycles. The fourth-order valence-corrected chi connectivity index (χ4v) is 5.62. The highest BCUT2D eigenvalue weighted by Crippen LogP contribution is 2.28. The lowest BCUT2D eigenvalue weighted by Crippen LogP contribution is -2.53. The Morgan fingerprint density at radius 2 is 1.70 bits per heavy atom. The summed E-state index contributed by atoms with van der Waals surface area (Å²) in [6.45, 7) is 3.34. The van der Waals surface area contributed by atoms with Crippen LogP contribution >= 0.6 is 11.6 Å². The molecule has 0 radical (unpaired) electrons. The number of methoxy groups -OCH3 is 1. The van der Waals surface area contributed by atoms with Gasteiger partial charge in [0.2, 0.25) is 15.9 Å². The van der Waals surface area contributed by atoms with Crippen molar-refractivity contribution in [2.24, 2.45) is 0 Å². The van der Waals surface area contributed by atoms with Gasteiger partial charge < -0.3 is 10.1 Å². The molecule has 1 fully saturated rings. The van der Waals surface area contributed by atoms with E-state index in [0.29, 0.717) is 42.6 Å². The third-order valence-electron chi connectivity index (χ3n) is 5.98. The van der Waals surface area contributed by atoms with Gasteiger partial charge in [-0.25, -0.2) is 8.42 Å². The largest absolute Gasteiger partial charge is 0.495 e. The van der Waals surface area contributed by atoms with Gasteiger partial charge in [-0.15, -0.1) is 0 Å². The number of sulfonamides is 1. The van der Waals surface area contributed by atoms with Crippen LogP contribution in [0.15, 0.2) is 65.6 Å². The maximum absolute atomic E-state index is 13.2. The summed E-state index contributed by atoms with van der Waals surface area (Å²) in [5.74, 6) is 0.313. The minimum absolute atomic E-state index is 0.207. The number of anilines is 1. The quantitative estimate of drug-likeness (QED) is 0.571. The second-order valence-corrected chi connectivity index (χ2v) is 10.3. The Labute approximate surface area is 198 Å². The number of fused-ring (bicyclic) bond motifs is 1. The molecule has 174 valence electrons. The Kier molecular flexibility index (Phi) is 6.90. The van der Waals surface area contributed by atoms with Crippen LogP contribution in [-0.2, 0) is 14.8 Å². The van der Waals surface area contributed by atoms with Gasteiger partial charge in [-0.2, -0.15) is 4.31 Å². The average molecular weight is 488 g/mol. The summed E-state index contributed by atoms with van der Waals surface area (Å²) < 4.78 is 33.1. The normalized spacial score (nSPS) is 16.5. The molecule has 0 aliphatic carbocycles. The lowest BCUT2D eigenvalue weighted by atomic mass is 10.1. The van der Waals surface area contributed by atoms with Crippen LogP contribution in [0.25, 0.3) is 10.8 Å². The van der Waals surface area contributed by atoms with Gasteiger partial charge in [0.05, 0.1) is 23.7 Å². The number of halogens is 1. The van der Waals surface area contributed by atoms with E-state index >= 15 is 0 Å². The van der Waals surface area contributed by atoms with E-state index < -0.39 is 16.1 Å². The fourth-order valence-electron chi connectivity index (χ4n) is 3.99. The Morgan fingerprint density at radius 3 is 2.39 bits per heavy atom. The van der Waals surface area contributed by atoms with Gasteiger partial charge >= 0.3 is 0 Å². The first kappa shape index (κ1) is 23.5. The smallest absolute Gasteiger partial charge is 0.243 e. The summed E-state index contributed by atoms with van der Waals surface area (Å²) in [4.78, 5) is 15.1. The van der Waals surface area contributed by atoms with Crippen molar-refractivity contribution in [1.29, 1.82) is 0 Å². The van der Waals surface area contributed by atoms with E-state index in [1.165, 1.54) is 11.4 Å². The molecule has 7 nitrogen and oxygen atoms in total. The molecular formula is C24H26ClN3O4S. The predicted octanol–water partition coefficient (Wildman–Crippen LogP) is 3.84. The molecule has 0 spiro atoms. The van der Waals surface area contributed by atoms with Crippen molar-refractivity contribution < 1.29 is 17.9 Å². The molecule has 1 atom stereocenters. The molecule has 1 amide bonds. The highest BCUT2D eigenvalue weighted by Gasteiger charge is 2.32. The summed E-state index contributed by atoms with van der Waals surface area (Å²) in [7, 11) is -2.08. The van der Waals surface area contributed by atoms with Crippen LogP contribution in [0.5, 0.6) is 5.75 Å². The first-order chi connectivity index (χ1) is 15.8. The second kappa shape index (κ2) is 9.69. The van der Waals surface area contributed by atoms with E-state index in [-0.39, 0.29) is 10.8 Å². The maximum atomic E-state index is 13.2. The minimum Gasteiger partial charge on any atom is -0.495 e. The zero-order chi connectivity index (χ0) is 23.6. The molecule has 1 unspecified atom stereocenters. The molecule has 1 aliphatic heterocycles. The topological polar surface area (TPSA) is 79.0 Å². The van der Waals surface area contributed by atoms with E-state index in [1.54, 1.807) is 37.3 Å². The Morgan fingerprint density at radius 1 is 1.00 bits per heavy atom. The second-order valence-electron chi connectivity index (χ2n) is 7.96. The van der Waals surface area contributed by atoms with Crippen molar-refractivity contribution in [2.45, 2.75) is 17.9 Å². The molecule has 1 heterocycles. The van der Waals surface area contributed by atoms with Crippen molar-refractivity contribution in [1.82, 2.24) is 9.21 Å². The standard InChI is InChI=1S/C24H26ClN3O4S/c1-17(24(29)26-22-16-20(25)8-10-23(22)32-2)27-11-13-28(14-12-27)33(30,31)21-9-7-18-5-3-4-6-19(18)15-21/h3-10,15-17H,11-14H2,1-2H3,(H,26,29). The summed E-state index contributed by atoms with van der Waals surface area (Å²) in [5, 5.41) is 5.24. The number of amides is 1. The number of benzene rings is 3. The molecule has 0 aromatic heterocycles. The van der Waals surface area contributed by atoms with E-state index in [9.17, 15) is 13.2 Å². The van der Waals surface area contributed by atoms with E-state index in [2.05, 4.69) is 5.32 Å². The van der Waals surface area contributed by atoms with Gasteiger partial charge in [-0.1, -0.05) is 41.9 Å². The van der Waals surface area contributed by atoms with Crippen LogP contribution in [0.4, 0.5) is 5.69 Å². The SMILES string of the molecule is COc1ccc(Cl)cc1NC(=O)C(C)N1CCN(S(=O)(=O)c2ccc3ccccc3c2)CC1. The van der Waals surface area contributed by atoms with E-state index in [1.807, 2.05) is 35.2 Å². The molecule has 1 aliphatic rings. The minimum atomic E-state index is -3.61. The van der Waals surface area contributed by atoms with Gasteiger partial charge in [-0.3, -0.25) is 9.69 Å². The molecule has 4 rings (SSSR count). The molecule has 33 heavy (non-hydrogen) atoms. The Balaban J connectivity index is 1.41. The average Bonchev–Trinajstić information content (AvgIpc) is 2.83. The maximum Gasteiger partial charge on any atom is 0.243 e. The third kappa shape index (κ3) is 4.99. The summed E-state index contributed by atoms with van der Waals surface area (Å²) in [6.07, 6.45) is 0. The van der Waals surface area contributed by atoms with Gasteiger partial charge in [0.1, 0.15) is 5.75 Å². The van der Waals surface area contributed by atoms with Gasteiger partial charge in [-0.05, 0) is 48.0 Å². The van der Waals surface area contributed by atoms with Crippen molar-refractivity contribution in [3.8, 4) is 5.75 Å². The number of hydrogen-bond donors (Lipinski definition) is 1. The lowest BCUT2D eigenvalue weighted by molar-refractivity contribution is -0.121. The Bertz CT molecular complexity index is 1270. The van der Waals surface area contributed by atoms with Crippen LogP contribution in [0.1, 0.15) is 6.92 Å². The number of hydrogen-bond acceptors (Lipinski definition) is 5. The molecule has 0 saturated carbocycles. The van der Waals surface area contributed by atoms with Gasteiger partial charge in [0.15, 0.2) is 0 Å². The van der Waals surface area contributed by atoms with Crippen molar-refractivity contribution in [3.05, 3.63) is 65.7 Å². The first-order valence-corrected chi connectivity index (χ1v) is 12.5. The molecule has 1 saturated heterocycles. The van der Waals surface area contributed by atoms with Crippen LogP contribution < -0.4 is 10.1 Å². The molecule has 0 bridgehead atoms. The summed E-state index contributed by atoms with van der Waals surface area (Å²) in [5.41, 5.74) is 0.499. The number of nitrogens with zero attached hydrogens (tertiary/aromatic N) is 2. The van der Waals surface area contributed by atoms with Crippen LogP contribution in [0, 0.1) is 0 Å². The van der Waals surface area contributed by atoms with Gasteiger partial charge in [0.25, 0.3) is 0 Å². The number of carbonyl (C=O) groups excluding carboxylic acids is 1. The van der Waals surface area contributed by atoms with Crippen molar-refractivity contribution in [2.75, 3.05) is 38.6 Å². The number of piperazine rings is 1. The zero-order valence-electron chi connectivity index (χ0n) is 18.5. The Hall–Kier alpha value is -2.65. The summed E-state index contributed by atoms with van der Waals surface area (Å²) in [6, 6.07) is 17.4. The highest BCUT2D eigenvalue weighted by atomic mass is 35.5. The molecular weight excluding hydrogens is 462 g/mol. The monoisotopic (exact) mass is 487 g/mol. The predicted molar refractivity (Wildman–Crippen MR) is 130 cm³/mol. The van der Waals surface area contributed by atoms with Crippen molar-refractivity contribution >= 4 is 44.0 Å². The van der Waals surface area contributed by atoms with Gasteiger partial charge in [0, 0.05) is 31.2 Å². The summed E-state index contributed by atoms with van der Waals surface area (Å²) >= 11 is 6.05. The fraction of sp³-hybridized carbons (Fsp3) is 0.292. The van der Waals surface area contributed by atoms with Crippen LogP contribution in [0.3, 0.4) is 0 Å². The van der Waals surface area contributed by atoms with Crippen LogP contribution in [0.2, 0.25) is 5.02 Å². The molecule has 3 aromatic rings. The highest BCUT2D eigenvalue weighted by molar-refractivity contribution is 7.89. The number of ether oxygens (including phenoxy) is 1. The number of rotatable bonds is 6. The van der Waals surface area contributed by atoms with E-state index in [0.717, 1.165) is 10.8 Å². The number of carbonyl (C=O) groups is 1. The molecule has 9 heteroatoms. The molecule has 1 N–H and O–H groups in total. The third-order valence-corrected chi connectivity index (χ3v) is 8.11. The number of nitrogens with one attached hydrogen (secondary N) is 1. The first-order valence-electron chi connectivity index (χ1n) is 10.7.